The zero-order valence-corrected chi connectivity index (χ0v) is 12.1. The van der Waals surface area contributed by atoms with Gasteiger partial charge in [0, 0.05) is 24.1 Å². The zero-order chi connectivity index (χ0) is 14.8. The van der Waals surface area contributed by atoms with Gasteiger partial charge in [0.2, 0.25) is 0 Å². The molecule has 0 fully saturated rings. The van der Waals surface area contributed by atoms with Crippen LogP contribution in [0, 0.1) is 0 Å². The number of amides is 1. The smallest absolute Gasteiger partial charge is 0.268 e. The van der Waals surface area contributed by atoms with Crippen molar-refractivity contribution < 1.29 is 9.53 Å². The lowest BCUT2D eigenvalue weighted by Gasteiger charge is -2.11. The molecule has 0 bridgehead atoms. The number of hydrogen-bond acceptors (Lipinski definition) is 2. The van der Waals surface area contributed by atoms with Crippen LogP contribution in [0.4, 0.5) is 0 Å². The van der Waals surface area contributed by atoms with Crippen LogP contribution in [0.1, 0.15) is 17.4 Å². The normalized spacial score (nSPS) is 12.7. The van der Waals surface area contributed by atoms with Crippen LogP contribution in [0.3, 0.4) is 0 Å². The number of H-pyrrole nitrogens is 1. The minimum Gasteiger partial charge on any atom is -0.383 e. The number of aromatic nitrogens is 1. The number of hydrogen-bond donors (Lipinski definition) is 2. The van der Waals surface area contributed by atoms with Crippen LogP contribution in [0.5, 0.6) is 0 Å². The van der Waals surface area contributed by atoms with Crippen LogP contribution in [0.15, 0.2) is 42.5 Å². The van der Waals surface area contributed by atoms with Crippen molar-refractivity contribution in [1.29, 1.82) is 0 Å². The van der Waals surface area contributed by atoms with Gasteiger partial charge in [-0.05, 0) is 29.8 Å². The lowest BCUT2D eigenvalue weighted by Crippen LogP contribution is -2.35. The fourth-order valence-electron chi connectivity index (χ4n) is 2.60. The van der Waals surface area contributed by atoms with E-state index in [0.29, 0.717) is 12.3 Å². The van der Waals surface area contributed by atoms with Crippen molar-refractivity contribution in [3.05, 3.63) is 48.2 Å². The van der Waals surface area contributed by atoms with Crippen molar-refractivity contribution in [2.75, 3.05) is 13.7 Å². The number of benzene rings is 2. The van der Waals surface area contributed by atoms with E-state index in [0.717, 1.165) is 16.3 Å². The molecule has 2 aromatic carbocycles. The first-order valence-electron chi connectivity index (χ1n) is 6.99. The number of fused-ring (bicyclic) bond motifs is 3. The fraction of sp³-hybridized carbons (Fsp3) is 0.235. The summed E-state index contributed by atoms with van der Waals surface area (Å²) in [5, 5.41) is 6.30. The number of carbonyl (C=O) groups excluding carboxylic acids is 1. The average Bonchev–Trinajstić information content (AvgIpc) is 2.92. The molecule has 4 heteroatoms. The van der Waals surface area contributed by atoms with E-state index in [2.05, 4.69) is 28.5 Å². The Morgan fingerprint density at radius 1 is 1.24 bits per heavy atom. The highest BCUT2D eigenvalue weighted by molar-refractivity contribution is 6.09. The third-order valence-corrected chi connectivity index (χ3v) is 3.57. The van der Waals surface area contributed by atoms with Crippen molar-refractivity contribution in [2.24, 2.45) is 0 Å². The predicted molar refractivity (Wildman–Crippen MR) is 84.6 cm³/mol. The number of ether oxygens (including phenoxy) is 1. The Labute approximate surface area is 123 Å². The molecule has 1 aromatic heterocycles. The Kier molecular flexibility index (Phi) is 3.62. The summed E-state index contributed by atoms with van der Waals surface area (Å²) in [6.07, 6.45) is 0. The summed E-state index contributed by atoms with van der Waals surface area (Å²) in [7, 11) is 1.62. The van der Waals surface area contributed by atoms with Crippen molar-refractivity contribution >= 4 is 27.6 Å². The molecular weight excluding hydrogens is 264 g/mol. The van der Waals surface area contributed by atoms with Gasteiger partial charge in [0.05, 0.1) is 6.61 Å². The van der Waals surface area contributed by atoms with Crippen LogP contribution >= 0.6 is 0 Å². The molecule has 0 saturated carbocycles. The van der Waals surface area contributed by atoms with Gasteiger partial charge in [0.25, 0.3) is 5.91 Å². The quantitative estimate of drug-likeness (QED) is 0.772. The van der Waals surface area contributed by atoms with Crippen LogP contribution in [0.2, 0.25) is 0 Å². The van der Waals surface area contributed by atoms with Crippen molar-refractivity contribution in [2.45, 2.75) is 13.0 Å². The summed E-state index contributed by atoms with van der Waals surface area (Å²) in [6, 6.07) is 14.1. The second-order valence-electron chi connectivity index (χ2n) is 5.26. The van der Waals surface area contributed by atoms with E-state index in [9.17, 15) is 4.79 Å². The molecule has 21 heavy (non-hydrogen) atoms. The van der Waals surface area contributed by atoms with E-state index in [4.69, 9.17) is 4.74 Å². The molecule has 1 heterocycles. The summed E-state index contributed by atoms with van der Waals surface area (Å²) in [5.41, 5.74) is 1.54. The molecule has 0 saturated heterocycles. The molecule has 4 nitrogen and oxygen atoms in total. The number of aromatic amines is 1. The Morgan fingerprint density at radius 3 is 2.86 bits per heavy atom. The molecule has 1 atom stereocenters. The zero-order valence-electron chi connectivity index (χ0n) is 12.1. The first kappa shape index (κ1) is 13.6. The van der Waals surface area contributed by atoms with Crippen LogP contribution in [-0.2, 0) is 4.74 Å². The predicted octanol–water partition coefficient (Wildman–Crippen LogP) is 3.09. The summed E-state index contributed by atoms with van der Waals surface area (Å²) in [4.78, 5) is 15.4. The highest BCUT2D eigenvalue weighted by Gasteiger charge is 2.13. The molecule has 3 rings (SSSR count). The molecule has 108 valence electrons. The van der Waals surface area contributed by atoms with Crippen molar-refractivity contribution in [1.82, 2.24) is 10.3 Å². The first-order chi connectivity index (χ1) is 10.2. The monoisotopic (exact) mass is 282 g/mol. The number of nitrogens with one attached hydrogen (secondary N) is 2. The lowest BCUT2D eigenvalue weighted by atomic mass is 10.1. The average molecular weight is 282 g/mol. The molecule has 0 spiro atoms. The van der Waals surface area contributed by atoms with E-state index in [1.165, 1.54) is 5.39 Å². The van der Waals surface area contributed by atoms with Crippen LogP contribution in [0.25, 0.3) is 21.7 Å². The molecule has 3 aromatic rings. The third-order valence-electron chi connectivity index (χ3n) is 3.57. The van der Waals surface area contributed by atoms with Crippen LogP contribution < -0.4 is 5.32 Å². The summed E-state index contributed by atoms with van der Waals surface area (Å²) < 4.78 is 5.03. The van der Waals surface area contributed by atoms with E-state index >= 15 is 0 Å². The Morgan fingerprint density at radius 2 is 2.05 bits per heavy atom. The maximum atomic E-state index is 12.2. The van der Waals surface area contributed by atoms with Gasteiger partial charge in [0.1, 0.15) is 5.69 Å². The van der Waals surface area contributed by atoms with Gasteiger partial charge in [-0.25, -0.2) is 0 Å². The van der Waals surface area contributed by atoms with E-state index in [1.807, 2.05) is 31.2 Å². The summed E-state index contributed by atoms with van der Waals surface area (Å²) in [6.45, 7) is 2.41. The van der Waals surface area contributed by atoms with Crippen molar-refractivity contribution in [3.63, 3.8) is 0 Å². The minimum atomic E-state index is -0.111. The SMILES string of the molecule is COC[C@H](C)NC(=O)c1cc2c(ccc3ccccc32)[nH]1. The van der Waals surface area contributed by atoms with Gasteiger partial charge in [-0.1, -0.05) is 30.3 Å². The minimum absolute atomic E-state index is 0.0225. The highest BCUT2D eigenvalue weighted by atomic mass is 16.5. The molecule has 0 aliphatic carbocycles. The molecule has 0 unspecified atom stereocenters. The summed E-state index contributed by atoms with van der Waals surface area (Å²) in [5.74, 6) is -0.111. The molecular formula is C17H18N2O2. The number of rotatable bonds is 4. The first-order valence-corrected chi connectivity index (χ1v) is 6.99. The fourth-order valence-corrected chi connectivity index (χ4v) is 2.60. The number of methoxy groups -OCH3 is 1. The maximum Gasteiger partial charge on any atom is 0.268 e. The topological polar surface area (TPSA) is 54.1 Å². The van der Waals surface area contributed by atoms with Gasteiger partial charge in [0.15, 0.2) is 0 Å². The van der Waals surface area contributed by atoms with Gasteiger partial charge in [-0.3, -0.25) is 4.79 Å². The largest absolute Gasteiger partial charge is 0.383 e. The van der Waals surface area contributed by atoms with E-state index in [1.54, 1.807) is 7.11 Å². The highest BCUT2D eigenvalue weighted by Crippen LogP contribution is 2.25. The Balaban J connectivity index is 1.97. The lowest BCUT2D eigenvalue weighted by molar-refractivity contribution is 0.0901. The Hall–Kier alpha value is -2.33. The van der Waals surface area contributed by atoms with Gasteiger partial charge in [-0.15, -0.1) is 0 Å². The standard InChI is InChI=1S/C17H18N2O2/c1-11(10-21-2)18-17(20)16-9-14-13-6-4-3-5-12(13)7-8-15(14)19-16/h3-9,11,19H,10H2,1-2H3,(H,18,20)/t11-/m0/s1. The van der Waals surface area contributed by atoms with Gasteiger partial charge in [-0.2, -0.15) is 0 Å². The molecule has 1 amide bonds. The maximum absolute atomic E-state index is 12.2. The molecule has 0 aliphatic heterocycles. The van der Waals surface area contributed by atoms with Crippen molar-refractivity contribution in [3.8, 4) is 0 Å². The van der Waals surface area contributed by atoms with E-state index < -0.39 is 0 Å². The second-order valence-corrected chi connectivity index (χ2v) is 5.26. The van der Waals surface area contributed by atoms with Gasteiger partial charge >= 0.3 is 0 Å². The second kappa shape index (κ2) is 5.58. The van der Waals surface area contributed by atoms with Gasteiger partial charge < -0.3 is 15.0 Å². The molecule has 2 N–H and O–H groups in total. The third kappa shape index (κ3) is 2.62. The van der Waals surface area contributed by atoms with E-state index in [-0.39, 0.29) is 11.9 Å². The molecule has 0 aliphatic rings. The summed E-state index contributed by atoms with van der Waals surface area (Å²) >= 11 is 0. The van der Waals surface area contributed by atoms with Crippen LogP contribution in [-0.4, -0.2) is 30.6 Å². The molecule has 0 radical (unpaired) electrons. The Bertz CT molecular complexity index is 792. The number of carbonyl (C=O) groups is 1.